The third-order valence-corrected chi connectivity index (χ3v) is 4.13. The predicted molar refractivity (Wildman–Crippen MR) is 69.1 cm³/mol. The first-order valence-corrected chi connectivity index (χ1v) is 6.58. The number of nitrogens with two attached hydrogens (primary N) is 1. The van der Waals surface area contributed by atoms with E-state index in [0.717, 1.165) is 28.4 Å². The smallest absolute Gasteiger partial charge is 0.129 e. The van der Waals surface area contributed by atoms with Gasteiger partial charge in [-0.15, -0.1) is 11.3 Å². The fourth-order valence-electron chi connectivity index (χ4n) is 1.94. The Morgan fingerprint density at radius 3 is 3.12 bits per heavy atom. The molecule has 1 atom stereocenters. The molecular formula is C13H14N2OS. The van der Waals surface area contributed by atoms with E-state index < -0.39 is 0 Å². The van der Waals surface area contributed by atoms with E-state index in [1.165, 1.54) is 4.88 Å². The third-order valence-electron chi connectivity index (χ3n) is 2.97. The molecule has 3 rings (SSSR count). The Labute approximate surface area is 104 Å². The number of rotatable bonds is 2. The lowest BCUT2D eigenvalue weighted by Gasteiger charge is -2.15. The molecule has 3 nitrogen and oxygen atoms in total. The number of fused-ring (bicyclic) bond motifs is 3. The number of nitrogens with zero attached hydrogens (tertiary/aromatic N) is 1. The topological polar surface area (TPSA) is 48.1 Å². The van der Waals surface area contributed by atoms with Gasteiger partial charge in [-0.2, -0.15) is 0 Å². The van der Waals surface area contributed by atoms with Gasteiger partial charge < -0.3 is 10.5 Å². The first kappa shape index (κ1) is 10.7. The summed E-state index contributed by atoms with van der Waals surface area (Å²) in [5, 5.41) is 1.01. The summed E-state index contributed by atoms with van der Waals surface area (Å²) < 4.78 is 5.71. The molecule has 2 N–H and O–H groups in total. The summed E-state index contributed by atoms with van der Waals surface area (Å²) in [7, 11) is 0. The second kappa shape index (κ2) is 4.13. The summed E-state index contributed by atoms with van der Waals surface area (Å²) in [6, 6.07) is 8.06. The van der Waals surface area contributed by atoms with E-state index in [9.17, 15) is 0 Å². The van der Waals surface area contributed by atoms with E-state index in [0.29, 0.717) is 6.61 Å². The third kappa shape index (κ3) is 1.73. The number of hydrogen-bond acceptors (Lipinski definition) is 4. The van der Waals surface area contributed by atoms with Crippen molar-refractivity contribution in [1.82, 2.24) is 4.98 Å². The summed E-state index contributed by atoms with van der Waals surface area (Å²) in [4.78, 5) is 5.86. The average Bonchev–Trinajstić information content (AvgIpc) is 2.82. The van der Waals surface area contributed by atoms with Gasteiger partial charge in [0.05, 0.1) is 16.6 Å². The van der Waals surface area contributed by atoms with E-state index in [2.05, 4.69) is 11.9 Å². The minimum Gasteiger partial charge on any atom is -0.487 e. The molecule has 1 aromatic carbocycles. The van der Waals surface area contributed by atoms with E-state index in [4.69, 9.17) is 10.5 Å². The van der Waals surface area contributed by atoms with Crippen molar-refractivity contribution in [3.05, 3.63) is 34.2 Å². The van der Waals surface area contributed by atoms with Crippen LogP contribution in [-0.4, -0.2) is 4.98 Å². The van der Waals surface area contributed by atoms with Gasteiger partial charge in [0, 0.05) is 5.56 Å². The zero-order chi connectivity index (χ0) is 11.8. The summed E-state index contributed by atoms with van der Waals surface area (Å²) in [5.41, 5.74) is 8.17. The minimum atomic E-state index is 0.0396. The SMILES string of the molecule is CCC(N)c1nc2c(s1)COc1ccccc1-2. The zero-order valence-corrected chi connectivity index (χ0v) is 10.5. The van der Waals surface area contributed by atoms with Crippen molar-refractivity contribution in [3.63, 3.8) is 0 Å². The molecule has 1 aromatic heterocycles. The van der Waals surface area contributed by atoms with Gasteiger partial charge in [0.15, 0.2) is 0 Å². The minimum absolute atomic E-state index is 0.0396. The van der Waals surface area contributed by atoms with Crippen molar-refractivity contribution >= 4 is 11.3 Å². The van der Waals surface area contributed by atoms with Crippen LogP contribution in [0.15, 0.2) is 24.3 Å². The molecule has 2 aromatic rings. The highest BCUT2D eigenvalue weighted by Gasteiger charge is 2.22. The number of para-hydroxylation sites is 1. The molecule has 0 radical (unpaired) electrons. The van der Waals surface area contributed by atoms with Crippen molar-refractivity contribution in [1.29, 1.82) is 0 Å². The first-order valence-electron chi connectivity index (χ1n) is 5.77. The first-order chi connectivity index (χ1) is 8.29. The molecule has 0 saturated carbocycles. The molecule has 88 valence electrons. The second-order valence-corrected chi connectivity index (χ2v) is 5.24. The number of ether oxygens (including phenoxy) is 1. The lowest BCUT2D eigenvalue weighted by Crippen LogP contribution is -2.07. The van der Waals surface area contributed by atoms with Crippen molar-refractivity contribution in [2.45, 2.75) is 26.0 Å². The van der Waals surface area contributed by atoms with Crippen molar-refractivity contribution in [3.8, 4) is 17.0 Å². The van der Waals surface area contributed by atoms with Gasteiger partial charge in [-0.05, 0) is 18.6 Å². The Bertz CT molecular complexity index is 550. The van der Waals surface area contributed by atoms with Gasteiger partial charge in [0.2, 0.25) is 0 Å². The van der Waals surface area contributed by atoms with Crippen molar-refractivity contribution in [2.24, 2.45) is 5.73 Å². The fourth-order valence-corrected chi connectivity index (χ4v) is 3.02. The molecule has 4 heteroatoms. The largest absolute Gasteiger partial charge is 0.487 e. The summed E-state index contributed by atoms with van der Waals surface area (Å²) in [6.07, 6.45) is 0.912. The molecule has 0 fully saturated rings. The van der Waals surface area contributed by atoms with Gasteiger partial charge in [0.25, 0.3) is 0 Å². The maximum absolute atomic E-state index is 6.03. The number of hydrogen-bond donors (Lipinski definition) is 1. The standard InChI is InChI=1S/C13H14N2OS/c1-2-9(14)13-15-12-8-5-3-4-6-10(8)16-7-11(12)17-13/h3-6,9H,2,7,14H2,1H3. The summed E-state index contributed by atoms with van der Waals surface area (Å²) >= 11 is 1.67. The van der Waals surface area contributed by atoms with E-state index in [1.807, 2.05) is 24.3 Å². The zero-order valence-electron chi connectivity index (χ0n) is 9.64. The van der Waals surface area contributed by atoms with Crippen LogP contribution in [0.5, 0.6) is 5.75 Å². The van der Waals surface area contributed by atoms with Crippen LogP contribution >= 0.6 is 11.3 Å². The van der Waals surface area contributed by atoms with E-state index in [-0.39, 0.29) is 6.04 Å². The van der Waals surface area contributed by atoms with Gasteiger partial charge >= 0.3 is 0 Å². The molecule has 0 saturated heterocycles. The van der Waals surface area contributed by atoms with Crippen molar-refractivity contribution in [2.75, 3.05) is 0 Å². The summed E-state index contributed by atoms with van der Waals surface area (Å²) in [6.45, 7) is 2.69. The van der Waals surface area contributed by atoms with E-state index >= 15 is 0 Å². The Morgan fingerprint density at radius 2 is 2.29 bits per heavy atom. The van der Waals surface area contributed by atoms with Crippen LogP contribution in [0.1, 0.15) is 29.3 Å². The normalized spacial score (nSPS) is 14.7. The molecule has 17 heavy (non-hydrogen) atoms. The second-order valence-electron chi connectivity index (χ2n) is 4.12. The Hall–Kier alpha value is -1.39. The Morgan fingerprint density at radius 1 is 1.47 bits per heavy atom. The fraction of sp³-hybridized carbons (Fsp3) is 0.308. The van der Waals surface area contributed by atoms with Crippen LogP contribution in [0.25, 0.3) is 11.3 Å². The maximum Gasteiger partial charge on any atom is 0.129 e. The molecule has 1 aliphatic rings. The molecule has 1 unspecified atom stereocenters. The molecule has 0 bridgehead atoms. The highest BCUT2D eigenvalue weighted by molar-refractivity contribution is 7.12. The molecule has 0 aliphatic carbocycles. The van der Waals surface area contributed by atoms with Gasteiger partial charge in [0.1, 0.15) is 17.4 Å². The Kier molecular flexibility index (Phi) is 2.61. The number of aromatic nitrogens is 1. The highest BCUT2D eigenvalue weighted by Crippen LogP contribution is 2.40. The average molecular weight is 246 g/mol. The molecular weight excluding hydrogens is 232 g/mol. The van der Waals surface area contributed by atoms with Crippen LogP contribution in [0.3, 0.4) is 0 Å². The highest BCUT2D eigenvalue weighted by atomic mass is 32.1. The monoisotopic (exact) mass is 246 g/mol. The van der Waals surface area contributed by atoms with Gasteiger partial charge in [-0.25, -0.2) is 4.98 Å². The lowest BCUT2D eigenvalue weighted by molar-refractivity contribution is 0.305. The van der Waals surface area contributed by atoms with Crippen LogP contribution in [0, 0.1) is 0 Å². The molecule has 1 aliphatic heterocycles. The van der Waals surface area contributed by atoms with Crippen LogP contribution < -0.4 is 10.5 Å². The molecule has 0 spiro atoms. The van der Waals surface area contributed by atoms with Gasteiger partial charge in [-0.3, -0.25) is 0 Å². The van der Waals surface area contributed by atoms with Crippen LogP contribution in [-0.2, 0) is 6.61 Å². The number of thiazole rings is 1. The van der Waals surface area contributed by atoms with Crippen molar-refractivity contribution < 1.29 is 4.74 Å². The van der Waals surface area contributed by atoms with E-state index in [1.54, 1.807) is 11.3 Å². The maximum atomic E-state index is 6.03. The molecule has 0 amide bonds. The number of benzene rings is 1. The quantitative estimate of drug-likeness (QED) is 0.885. The van der Waals surface area contributed by atoms with Gasteiger partial charge in [-0.1, -0.05) is 19.1 Å². The Balaban J connectivity index is 2.10. The summed E-state index contributed by atoms with van der Waals surface area (Å²) in [5.74, 6) is 0.918. The van der Waals surface area contributed by atoms with Crippen LogP contribution in [0.2, 0.25) is 0 Å². The van der Waals surface area contributed by atoms with Crippen LogP contribution in [0.4, 0.5) is 0 Å². The molecule has 2 heterocycles. The predicted octanol–water partition coefficient (Wildman–Crippen LogP) is 3.11. The lowest BCUT2D eigenvalue weighted by atomic mass is 10.1.